The molecule has 0 radical (unpaired) electrons. The molecule has 0 fully saturated rings. The third-order valence-corrected chi connectivity index (χ3v) is 5.16. The van der Waals surface area contributed by atoms with E-state index in [9.17, 15) is 0 Å². The van der Waals surface area contributed by atoms with Crippen molar-refractivity contribution in [3.05, 3.63) is 39.1 Å². The molecule has 0 atom stereocenters. The van der Waals surface area contributed by atoms with Gasteiger partial charge in [-0.25, -0.2) is 0 Å². The van der Waals surface area contributed by atoms with Gasteiger partial charge < -0.3 is 15.4 Å². The summed E-state index contributed by atoms with van der Waals surface area (Å²) in [6, 6.07) is 5.35. The van der Waals surface area contributed by atoms with E-state index < -0.39 is 0 Å². The van der Waals surface area contributed by atoms with Crippen LogP contribution < -0.4 is 15.4 Å². The van der Waals surface area contributed by atoms with Crippen molar-refractivity contribution < 1.29 is 4.74 Å². The number of thiocarbonyl (C=S) groups is 1. The van der Waals surface area contributed by atoms with Gasteiger partial charge in [0.15, 0.2) is 5.11 Å². The van der Waals surface area contributed by atoms with Crippen LogP contribution in [-0.4, -0.2) is 28.5 Å². The Labute approximate surface area is 160 Å². The number of nitrogens with one attached hydrogen (secondary N) is 2. The number of ether oxygens (including phenoxy) is 1. The van der Waals surface area contributed by atoms with Crippen LogP contribution in [0.15, 0.2) is 22.7 Å². The van der Waals surface area contributed by atoms with Crippen molar-refractivity contribution in [1.82, 2.24) is 15.1 Å². The third kappa shape index (κ3) is 4.84. The molecule has 8 heteroatoms. The lowest BCUT2D eigenvalue weighted by molar-refractivity contribution is 0.417. The topological polar surface area (TPSA) is 51.1 Å². The Morgan fingerprint density at radius 3 is 2.79 bits per heavy atom. The largest absolute Gasteiger partial charge is 0.495 e. The fourth-order valence-electron chi connectivity index (χ4n) is 2.27. The Hall–Kier alpha value is -1.31. The predicted molar refractivity (Wildman–Crippen MR) is 106 cm³/mol. The Kier molecular flexibility index (Phi) is 6.89. The van der Waals surface area contributed by atoms with E-state index in [2.05, 4.69) is 38.6 Å². The number of nitrogens with zero attached hydrogens (tertiary/aromatic N) is 2. The normalized spacial score (nSPS) is 10.5. The van der Waals surface area contributed by atoms with Crippen molar-refractivity contribution in [1.29, 1.82) is 0 Å². The van der Waals surface area contributed by atoms with E-state index in [1.807, 2.05) is 11.6 Å². The first-order valence-corrected chi connectivity index (χ1v) is 9.08. The number of hydrogen-bond acceptors (Lipinski definition) is 3. The molecule has 2 rings (SSSR count). The number of rotatable bonds is 6. The highest BCUT2D eigenvalue weighted by molar-refractivity contribution is 9.10. The minimum absolute atomic E-state index is 0.533. The number of halogens is 2. The van der Waals surface area contributed by atoms with E-state index in [4.69, 9.17) is 28.6 Å². The summed E-state index contributed by atoms with van der Waals surface area (Å²) in [7, 11) is 1.61. The lowest BCUT2D eigenvalue weighted by atomic mass is 10.3. The molecule has 2 aromatic rings. The molecule has 0 amide bonds. The van der Waals surface area contributed by atoms with Crippen LogP contribution in [0.5, 0.6) is 5.75 Å². The van der Waals surface area contributed by atoms with Crippen molar-refractivity contribution in [3.8, 4) is 5.75 Å². The molecule has 0 saturated carbocycles. The zero-order valence-corrected chi connectivity index (χ0v) is 17.0. The van der Waals surface area contributed by atoms with Gasteiger partial charge in [0.1, 0.15) is 5.75 Å². The molecule has 130 valence electrons. The van der Waals surface area contributed by atoms with E-state index in [0.717, 1.165) is 41.1 Å². The van der Waals surface area contributed by atoms with Crippen LogP contribution in [0.3, 0.4) is 0 Å². The second kappa shape index (κ2) is 8.69. The molecule has 0 spiro atoms. The van der Waals surface area contributed by atoms with Crippen LogP contribution in [0.1, 0.15) is 17.8 Å². The van der Waals surface area contributed by atoms with E-state index >= 15 is 0 Å². The lowest BCUT2D eigenvalue weighted by Crippen LogP contribution is -2.30. The zero-order chi connectivity index (χ0) is 17.7. The van der Waals surface area contributed by atoms with Crippen molar-refractivity contribution >= 4 is 50.5 Å². The Morgan fingerprint density at radius 1 is 1.42 bits per heavy atom. The standard InChI is InChI=1S/C16H20BrClN4OS/c1-10-15(17)11(2)22(21-10)8-4-7-19-16(24)20-13-9-12(18)5-6-14(13)23-3/h5-6,9H,4,7-8H2,1-3H3,(H2,19,20,24). The summed E-state index contributed by atoms with van der Waals surface area (Å²) in [5.41, 5.74) is 2.88. The van der Waals surface area contributed by atoms with Crippen LogP contribution >= 0.6 is 39.7 Å². The van der Waals surface area contributed by atoms with Crippen molar-refractivity contribution in [2.24, 2.45) is 0 Å². The van der Waals surface area contributed by atoms with Gasteiger partial charge in [-0.15, -0.1) is 0 Å². The van der Waals surface area contributed by atoms with Crippen molar-refractivity contribution in [2.45, 2.75) is 26.8 Å². The summed E-state index contributed by atoms with van der Waals surface area (Å²) in [5.74, 6) is 0.691. The minimum atomic E-state index is 0.533. The molecule has 0 bridgehead atoms. The first-order chi connectivity index (χ1) is 11.4. The third-order valence-electron chi connectivity index (χ3n) is 3.54. The maximum Gasteiger partial charge on any atom is 0.170 e. The van der Waals surface area contributed by atoms with E-state index in [0.29, 0.717) is 15.9 Å². The molecule has 2 N–H and O–H groups in total. The average molecular weight is 432 g/mol. The van der Waals surface area contributed by atoms with Gasteiger partial charge in [0.05, 0.1) is 23.0 Å². The Balaban J connectivity index is 1.81. The van der Waals surface area contributed by atoms with E-state index in [1.165, 1.54) is 0 Å². The zero-order valence-electron chi connectivity index (χ0n) is 13.8. The summed E-state index contributed by atoms with van der Waals surface area (Å²) in [6.45, 7) is 5.61. The highest BCUT2D eigenvalue weighted by Crippen LogP contribution is 2.27. The number of methoxy groups -OCH3 is 1. The van der Waals surface area contributed by atoms with Crippen LogP contribution in [0.25, 0.3) is 0 Å². The van der Waals surface area contributed by atoms with Gasteiger partial charge in [0.2, 0.25) is 0 Å². The number of benzene rings is 1. The highest BCUT2D eigenvalue weighted by atomic mass is 79.9. The minimum Gasteiger partial charge on any atom is -0.495 e. The lowest BCUT2D eigenvalue weighted by Gasteiger charge is -2.14. The average Bonchev–Trinajstić information content (AvgIpc) is 2.79. The summed E-state index contributed by atoms with van der Waals surface area (Å²) in [6.07, 6.45) is 0.906. The molecule has 0 aliphatic carbocycles. The second-order valence-electron chi connectivity index (χ2n) is 5.29. The van der Waals surface area contributed by atoms with Crippen molar-refractivity contribution in [2.75, 3.05) is 19.0 Å². The van der Waals surface area contributed by atoms with Crippen LogP contribution in [0.2, 0.25) is 5.02 Å². The molecule has 5 nitrogen and oxygen atoms in total. The SMILES string of the molecule is COc1ccc(Cl)cc1NC(=S)NCCCn1nc(C)c(Br)c1C. The van der Waals surface area contributed by atoms with Crippen molar-refractivity contribution in [3.63, 3.8) is 0 Å². The van der Waals surface area contributed by atoms with Gasteiger partial charge in [-0.05, 0) is 66.6 Å². The van der Waals surface area contributed by atoms with Crippen LogP contribution in [0.4, 0.5) is 5.69 Å². The highest BCUT2D eigenvalue weighted by Gasteiger charge is 2.08. The second-order valence-corrected chi connectivity index (χ2v) is 6.92. The number of anilines is 1. The fraction of sp³-hybridized carbons (Fsp3) is 0.375. The van der Waals surface area contributed by atoms with Crippen LogP contribution in [0, 0.1) is 13.8 Å². The molecule has 1 heterocycles. The Bertz CT molecular complexity index is 735. The summed E-state index contributed by atoms with van der Waals surface area (Å²) < 4.78 is 8.35. The van der Waals surface area contributed by atoms with Gasteiger partial charge in [-0.1, -0.05) is 11.6 Å². The molecule has 0 unspecified atom stereocenters. The van der Waals surface area contributed by atoms with Gasteiger partial charge in [-0.3, -0.25) is 4.68 Å². The first kappa shape index (κ1) is 19.0. The molecule has 1 aromatic heterocycles. The molecule has 0 aliphatic heterocycles. The van der Waals surface area contributed by atoms with Gasteiger partial charge in [-0.2, -0.15) is 5.10 Å². The van der Waals surface area contributed by atoms with Gasteiger partial charge >= 0.3 is 0 Å². The summed E-state index contributed by atoms with van der Waals surface area (Å²) in [4.78, 5) is 0. The van der Waals surface area contributed by atoms with Crippen LogP contribution in [-0.2, 0) is 6.54 Å². The smallest absolute Gasteiger partial charge is 0.170 e. The fourth-order valence-corrected chi connectivity index (χ4v) is 2.94. The first-order valence-electron chi connectivity index (χ1n) is 7.50. The Morgan fingerprint density at radius 2 is 2.17 bits per heavy atom. The van der Waals surface area contributed by atoms with Gasteiger partial charge in [0, 0.05) is 23.8 Å². The number of aryl methyl sites for hydroxylation is 2. The molecule has 24 heavy (non-hydrogen) atoms. The number of hydrogen-bond donors (Lipinski definition) is 2. The monoisotopic (exact) mass is 430 g/mol. The molecule has 1 aromatic carbocycles. The molecular weight excluding hydrogens is 412 g/mol. The quantitative estimate of drug-likeness (QED) is 0.527. The predicted octanol–water partition coefficient (Wildman–Crippen LogP) is 4.30. The maximum atomic E-state index is 6.01. The van der Waals surface area contributed by atoms with E-state index in [-0.39, 0.29) is 0 Å². The molecule has 0 aliphatic rings. The molecule has 0 saturated heterocycles. The summed E-state index contributed by atoms with van der Waals surface area (Å²) in [5, 5.41) is 11.9. The molecular formula is C16H20BrClN4OS. The van der Waals surface area contributed by atoms with E-state index in [1.54, 1.807) is 25.3 Å². The van der Waals surface area contributed by atoms with Gasteiger partial charge in [0.25, 0.3) is 0 Å². The summed E-state index contributed by atoms with van der Waals surface area (Å²) >= 11 is 14.9. The number of aromatic nitrogens is 2. The maximum absolute atomic E-state index is 6.01.